The third-order valence-electron chi connectivity index (χ3n) is 5.00. The Kier molecular flexibility index (Phi) is 7.32. The Balaban J connectivity index is 1.65. The van der Waals surface area contributed by atoms with Crippen molar-refractivity contribution >= 4 is 0 Å². The van der Waals surface area contributed by atoms with Gasteiger partial charge in [-0.05, 0) is 52.1 Å². The highest BCUT2D eigenvalue weighted by Gasteiger charge is 2.18. The molecule has 1 aliphatic heterocycles. The Morgan fingerprint density at radius 1 is 1.05 bits per heavy atom. The molecule has 3 heteroatoms. The molecular formula is C17H34N2O. The van der Waals surface area contributed by atoms with Crippen molar-refractivity contribution in [2.75, 3.05) is 26.2 Å². The number of nitrogens with zero attached hydrogens (tertiary/aromatic N) is 1. The highest BCUT2D eigenvalue weighted by molar-refractivity contribution is 4.77. The van der Waals surface area contributed by atoms with Crippen molar-refractivity contribution in [1.82, 2.24) is 10.2 Å². The van der Waals surface area contributed by atoms with Crippen LogP contribution in [0.15, 0.2) is 0 Å². The molecule has 1 heterocycles. The molecule has 2 fully saturated rings. The summed E-state index contributed by atoms with van der Waals surface area (Å²) in [5, 5.41) is 3.74. The van der Waals surface area contributed by atoms with Crippen molar-refractivity contribution < 1.29 is 4.74 Å². The van der Waals surface area contributed by atoms with E-state index in [9.17, 15) is 0 Å². The second kappa shape index (κ2) is 9.01. The van der Waals surface area contributed by atoms with Crippen LogP contribution in [0.2, 0.25) is 0 Å². The van der Waals surface area contributed by atoms with Crippen molar-refractivity contribution in [2.45, 2.75) is 83.4 Å². The molecule has 0 spiro atoms. The summed E-state index contributed by atoms with van der Waals surface area (Å²) in [6, 6.07) is 1.36. The fourth-order valence-corrected chi connectivity index (χ4v) is 3.52. The molecule has 2 unspecified atom stereocenters. The van der Waals surface area contributed by atoms with Gasteiger partial charge in [0.2, 0.25) is 0 Å². The maximum absolute atomic E-state index is 6.08. The van der Waals surface area contributed by atoms with Crippen molar-refractivity contribution in [3.8, 4) is 0 Å². The predicted molar refractivity (Wildman–Crippen MR) is 85.2 cm³/mol. The van der Waals surface area contributed by atoms with Gasteiger partial charge in [0.05, 0.1) is 12.7 Å². The highest BCUT2D eigenvalue weighted by Crippen LogP contribution is 2.20. The summed E-state index contributed by atoms with van der Waals surface area (Å²) in [5.74, 6) is 0. The maximum Gasteiger partial charge on any atom is 0.0597 e. The minimum absolute atomic E-state index is 0.558. The first-order valence-corrected chi connectivity index (χ1v) is 8.88. The Morgan fingerprint density at radius 3 is 2.55 bits per heavy atom. The number of rotatable bonds is 5. The summed E-state index contributed by atoms with van der Waals surface area (Å²) in [6.07, 6.45) is 11.1. The van der Waals surface area contributed by atoms with E-state index in [2.05, 4.69) is 24.1 Å². The van der Waals surface area contributed by atoms with Gasteiger partial charge in [0.1, 0.15) is 0 Å². The molecule has 1 N–H and O–H groups in total. The zero-order valence-corrected chi connectivity index (χ0v) is 13.6. The van der Waals surface area contributed by atoms with Gasteiger partial charge in [-0.2, -0.15) is 0 Å². The molecular weight excluding hydrogens is 248 g/mol. The number of ether oxygens (including phenoxy) is 1. The average molecular weight is 282 g/mol. The quantitative estimate of drug-likeness (QED) is 0.838. The summed E-state index contributed by atoms with van der Waals surface area (Å²) < 4.78 is 6.08. The smallest absolute Gasteiger partial charge is 0.0597 e. The minimum Gasteiger partial charge on any atom is -0.377 e. The summed E-state index contributed by atoms with van der Waals surface area (Å²) in [4.78, 5) is 2.61. The Morgan fingerprint density at radius 2 is 1.80 bits per heavy atom. The summed E-state index contributed by atoms with van der Waals surface area (Å²) in [6.45, 7) is 9.13. The van der Waals surface area contributed by atoms with Crippen LogP contribution in [0.1, 0.15) is 65.2 Å². The third-order valence-corrected chi connectivity index (χ3v) is 5.00. The van der Waals surface area contributed by atoms with Crippen LogP contribution in [-0.2, 0) is 4.74 Å². The van der Waals surface area contributed by atoms with Crippen LogP contribution in [0.4, 0.5) is 0 Å². The topological polar surface area (TPSA) is 24.5 Å². The lowest BCUT2D eigenvalue weighted by Gasteiger charge is -2.32. The van der Waals surface area contributed by atoms with Crippen molar-refractivity contribution in [3.05, 3.63) is 0 Å². The van der Waals surface area contributed by atoms with E-state index in [1.54, 1.807) is 0 Å². The summed E-state index contributed by atoms with van der Waals surface area (Å²) in [7, 11) is 0. The average Bonchev–Trinajstić information content (AvgIpc) is 2.47. The van der Waals surface area contributed by atoms with Gasteiger partial charge in [-0.1, -0.05) is 26.2 Å². The van der Waals surface area contributed by atoms with Gasteiger partial charge in [-0.25, -0.2) is 0 Å². The van der Waals surface area contributed by atoms with Crippen LogP contribution in [0.5, 0.6) is 0 Å². The van der Waals surface area contributed by atoms with Gasteiger partial charge in [-0.3, -0.25) is 0 Å². The molecule has 0 bridgehead atoms. The van der Waals surface area contributed by atoms with Crippen LogP contribution >= 0.6 is 0 Å². The van der Waals surface area contributed by atoms with E-state index >= 15 is 0 Å². The number of nitrogens with one attached hydrogen (secondary N) is 1. The van der Waals surface area contributed by atoms with E-state index in [0.29, 0.717) is 18.2 Å². The monoisotopic (exact) mass is 282 g/mol. The first-order chi connectivity index (χ1) is 9.78. The molecule has 1 saturated heterocycles. The highest BCUT2D eigenvalue weighted by atomic mass is 16.5. The van der Waals surface area contributed by atoms with Crippen molar-refractivity contribution in [3.63, 3.8) is 0 Å². The normalized spacial score (nSPS) is 30.9. The second-order valence-electron chi connectivity index (χ2n) is 6.72. The van der Waals surface area contributed by atoms with Gasteiger partial charge in [0.25, 0.3) is 0 Å². The van der Waals surface area contributed by atoms with Crippen molar-refractivity contribution in [1.29, 1.82) is 0 Å². The fraction of sp³-hybridized carbons (Fsp3) is 1.00. The fourth-order valence-electron chi connectivity index (χ4n) is 3.52. The van der Waals surface area contributed by atoms with Gasteiger partial charge < -0.3 is 15.0 Å². The zero-order chi connectivity index (χ0) is 14.2. The standard InChI is InChI=1S/C17H34N2O/c1-3-16-10-12-19(11-9-15(2)18-16)13-14-20-17-7-5-4-6-8-17/h15-18H,3-14H2,1-2H3. The van der Waals surface area contributed by atoms with Gasteiger partial charge >= 0.3 is 0 Å². The zero-order valence-electron chi connectivity index (χ0n) is 13.6. The van der Waals surface area contributed by atoms with Gasteiger partial charge in [-0.15, -0.1) is 0 Å². The SMILES string of the molecule is CCC1CCN(CCOC2CCCCC2)CCC(C)N1. The molecule has 2 atom stereocenters. The van der Waals surface area contributed by atoms with E-state index in [0.717, 1.165) is 13.2 Å². The molecule has 0 aromatic heterocycles. The van der Waals surface area contributed by atoms with E-state index < -0.39 is 0 Å². The Labute approximate surface area is 125 Å². The predicted octanol–water partition coefficient (Wildman–Crippen LogP) is 3.19. The molecule has 1 aliphatic carbocycles. The van der Waals surface area contributed by atoms with Gasteiger partial charge in [0, 0.05) is 18.6 Å². The molecule has 118 valence electrons. The van der Waals surface area contributed by atoms with Crippen LogP contribution in [-0.4, -0.2) is 49.3 Å². The van der Waals surface area contributed by atoms with Crippen LogP contribution in [0.3, 0.4) is 0 Å². The first-order valence-electron chi connectivity index (χ1n) is 8.88. The largest absolute Gasteiger partial charge is 0.377 e. The summed E-state index contributed by atoms with van der Waals surface area (Å²) in [5.41, 5.74) is 0. The number of hydrogen-bond acceptors (Lipinski definition) is 3. The molecule has 0 aromatic rings. The van der Waals surface area contributed by atoms with Crippen LogP contribution in [0, 0.1) is 0 Å². The van der Waals surface area contributed by atoms with Crippen LogP contribution in [0.25, 0.3) is 0 Å². The number of hydrogen-bond donors (Lipinski definition) is 1. The third kappa shape index (κ3) is 5.71. The molecule has 1 saturated carbocycles. The second-order valence-corrected chi connectivity index (χ2v) is 6.72. The lowest BCUT2D eigenvalue weighted by molar-refractivity contribution is 0.0144. The lowest BCUT2D eigenvalue weighted by Crippen LogP contribution is -2.44. The molecule has 2 rings (SSSR count). The molecule has 2 aliphatic rings. The minimum atomic E-state index is 0.558. The first kappa shape index (κ1) is 16.3. The van der Waals surface area contributed by atoms with Crippen molar-refractivity contribution in [2.24, 2.45) is 0 Å². The van der Waals surface area contributed by atoms with Gasteiger partial charge in [0.15, 0.2) is 0 Å². The Bertz CT molecular complexity index is 253. The molecule has 3 nitrogen and oxygen atoms in total. The van der Waals surface area contributed by atoms with E-state index in [4.69, 9.17) is 4.74 Å². The van der Waals surface area contributed by atoms with E-state index in [-0.39, 0.29) is 0 Å². The molecule has 0 amide bonds. The van der Waals surface area contributed by atoms with E-state index in [1.807, 2.05) is 0 Å². The van der Waals surface area contributed by atoms with E-state index in [1.165, 1.54) is 64.5 Å². The summed E-state index contributed by atoms with van der Waals surface area (Å²) >= 11 is 0. The van der Waals surface area contributed by atoms with Crippen LogP contribution < -0.4 is 5.32 Å². The molecule has 0 aromatic carbocycles. The molecule has 0 radical (unpaired) electrons. The Hall–Kier alpha value is -0.120. The molecule has 20 heavy (non-hydrogen) atoms. The lowest BCUT2D eigenvalue weighted by atomic mass is 9.98. The maximum atomic E-state index is 6.08.